The molecule has 1 saturated heterocycles. The van der Waals surface area contributed by atoms with Crippen LogP contribution in [-0.4, -0.2) is 72.5 Å². The summed E-state index contributed by atoms with van der Waals surface area (Å²) in [6.07, 6.45) is 0.270. The molecular weight excluding hydrogens is 450 g/mol. The van der Waals surface area contributed by atoms with Crippen molar-refractivity contribution in [2.75, 3.05) is 26.3 Å². The van der Waals surface area contributed by atoms with Crippen molar-refractivity contribution < 1.29 is 22.7 Å². The molecule has 1 aromatic carbocycles. The third-order valence-electron chi connectivity index (χ3n) is 5.15. The van der Waals surface area contributed by atoms with Crippen molar-refractivity contribution in [3.63, 3.8) is 0 Å². The van der Waals surface area contributed by atoms with Crippen LogP contribution in [0.5, 0.6) is 0 Å². The van der Waals surface area contributed by atoms with Crippen molar-refractivity contribution in [1.29, 1.82) is 0 Å². The maximum atomic E-state index is 12.7. The first-order valence-electron chi connectivity index (χ1n) is 10.4. The zero-order valence-electron chi connectivity index (χ0n) is 17.7. The largest absolute Gasteiger partial charge is 0.415 e. The van der Waals surface area contributed by atoms with E-state index in [-0.39, 0.29) is 11.8 Å². The van der Waals surface area contributed by atoms with Crippen molar-refractivity contribution in [2.45, 2.75) is 13.0 Å². The lowest BCUT2D eigenvalue weighted by Crippen LogP contribution is -2.40. The first kappa shape index (κ1) is 21.7. The lowest BCUT2D eigenvalue weighted by molar-refractivity contribution is 0.0302. The second-order valence-corrected chi connectivity index (χ2v) is 7.45. The van der Waals surface area contributed by atoms with Crippen molar-refractivity contribution in [3.05, 3.63) is 59.7 Å². The van der Waals surface area contributed by atoms with Crippen molar-refractivity contribution in [1.82, 2.24) is 40.3 Å². The van der Waals surface area contributed by atoms with Crippen molar-refractivity contribution >= 4 is 5.91 Å². The van der Waals surface area contributed by atoms with Crippen molar-refractivity contribution in [2.24, 2.45) is 0 Å². The average molecular weight is 468 g/mol. The molecule has 0 unspecified atom stereocenters. The molecule has 1 aliphatic heterocycles. The van der Waals surface area contributed by atoms with Gasteiger partial charge in [0.2, 0.25) is 11.7 Å². The third kappa shape index (κ3) is 4.64. The zero-order valence-corrected chi connectivity index (χ0v) is 17.7. The van der Waals surface area contributed by atoms with Gasteiger partial charge in [0.1, 0.15) is 0 Å². The molecule has 0 radical (unpaired) electrons. The fourth-order valence-corrected chi connectivity index (χ4v) is 3.41. The summed E-state index contributed by atoms with van der Waals surface area (Å²) in [5.41, 5.74) is 2.38. The number of halogens is 2. The molecule has 11 nitrogen and oxygen atoms in total. The fourth-order valence-electron chi connectivity index (χ4n) is 3.41. The van der Waals surface area contributed by atoms with Crippen LogP contribution in [0.2, 0.25) is 0 Å². The van der Waals surface area contributed by atoms with Crippen LogP contribution >= 0.6 is 0 Å². The predicted molar refractivity (Wildman–Crippen MR) is 112 cm³/mol. The molecule has 4 aromatic rings. The molecule has 34 heavy (non-hydrogen) atoms. The average Bonchev–Trinajstić information content (AvgIpc) is 3.55. The lowest BCUT2D eigenvalue weighted by atomic mass is 10.1. The highest BCUT2D eigenvalue weighted by molar-refractivity contribution is 5.94. The molecule has 0 atom stereocenters. The topological polar surface area (TPSA) is 125 Å². The van der Waals surface area contributed by atoms with E-state index in [1.165, 1.54) is 11.0 Å². The summed E-state index contributed by atoms with van der Waals surface area (Å²) in [7, 11) is 0. The van der Waals surface area contributed by atoms with E-state index in [9.17, 15) is 13.6 Å². The molecule has 1 aliphatic rings. The summed E-state index contributed by atoms with van der Waals surface area (Å²) in [4.78, 5) is 20.0. The standard InChI is InChI=1S/C21H18F2N8O3/c22-17(23)20-27-26-19(34-20)14-3-1-13(2-4-14)12-31-28-18(25-29-31)15-9-16(11-24-10-15)21(32)30-5-7-33-8-6-30/h1-4,9-11,17H,5-8,12H2. The number of pyridine rings is 1. The van der Waals surface area contributed by atoms with E-state index < -0.39 is 12.3 Å². The SMILES string of the molecule is O=C(c1cncc(-c2nnn(Cc3ccc(-c4nnc(C(F)F)o4)cc3)n2)c1)N1CCOCC1. The molecule has 1 fully saturated rings. The summed E-state index contributed by atoms with van der Waals surface area (Å²) in [6.45, 7) is 2.42. The van der Waals surface area contributed by atoms with Gasteiger partial charge in [-0.25, -0.2) is 0 Å². The van der Waals surface area contributed by atoms with Gasteiger partial charge in [0.05, 0.1) is 25.3 Å². The molecule has 0 bridgehead atoms. The van der Waals surface area contributed by atoms with Crippen LogP contribution in [0.3, 0.4) is 0 Å². The highest BCUT2D eigenvalue weighted by Crippen LogP contribution is 2.23. The number of rotatable bonds is 6. The number of aromatic nitrogens is 7. The van der Waals surface area contributed by atoms with Crippen LogP contribution in [-0.2, 0) is 11.3 Å². The van der Waals surface area contributed by atoms with Crippen molar-refractivity contribution in [3.8, 4) is 22.8 Å². The number of hydrogen-bond acceptors (Lipinski definition) is 9. The minimum Gasteiger partial charge on any atom is -0.415 e. The molecule has 3 aromatic heterocycles. The van der Waals surface area contributed by atoms with Gasteiger partial charge in [0.25, 0.3) is 11.8 Å². The summed E-state index contributed by atoms with van der Waals surface area (Å²) in [5, 5.41) is 19.5. The molecule has 1 amide bonds. The molecule has 4 heterocycles. The second-order valence-electron chi connectivity index (χ2n) is 7.45. The highest BCUT2D eigenvalue weighted by atomic mass is 19.3. The number of ether oxygens (including phenoxy) is 1. The quantitative estimate of drug-likeness (QED) is 0.419. The van der Waals surface area contributed by atoms with E-state index in [1.54, 1.807) is 41.4 Å². The molecule has 0 spiro atoms. The number of hydrogen-bond donors (Lipinski definition) is 0. The Bertz CT molecular complexity index is 1290. The number of carbonyl (C=O) groups is 1. The fraction of sp³-hybridized carbons (Fsp3) is 0.286. The Labute approximate surface area is 191 Å². The maximum absolute atomic E-state index is 12.7. The van der Waals surface area contributed by atoms with Crippen LogP contribution in [0.4, 0.5) is 8.78 Å². The van der Waals surface area contributed by atoms with Gasteiger partial charge >= 0.3 is 6.43 Å². The second kappa shape index (κ2) is 9.39. The Hall–Kier alpha value is -4.13. The smallest absolute Gasteiger partial charge is 0.314 e. The maximum Gasteiger partial charge on any atom is 0.314 e. The van der Waals surface area contributed by atoms with Gasteiger partial charge in [-0.3, -0.25) is 9.78 Å². The van der Waals surface area contributed by atoms with E-state index in [0.29, 0.717) is 55.4 Å². The van der Waals surface area contributed by atoms with E-state index in [2.05, 4.69) is 30.6 Å². The molecule has 0 N–H and O–H groups in total. The van der Waals surface area contributed by atoms with Gasteiger partial charge in [-0.1, -0.05) is 12.1 Å². The predicted octanol–water partition coefficient (Wildman–Crippen LogP) is 2.24. The normalized spacial score (nSPS) is 14.0. The summed E-state index contributed by atoms with van der Waals surface area (Å²) >= 11 is 0. The third-order valence-corrected chi connectivity index (χ3v) is 5.15. The summed E-state index contributed by atoms with van der Waals surface area (Å²) in [5.74, 6) is -0.483. The zero-order chi connectivity index (χ0) is 23.5. The van der Waals surface area contributed by atoms with Gasteiger partial charge in [-0.2, -0.15) is 13.6 Å². The highest BCUT2D eigenvalue weighted by Gasteiger charge is 2.20. The van der Waals surface area contributed by atoms with E-state index in [1.807, 2.05) is 0 Å². The summed E-state index contributed by atoms with van der Waals surface area (Å²) < 4.78 is 35.5. The Morgan fingerprint density at radius 2 is 1.82 bits per heavy atom. The first-order chi connectivity index (χ1) is 16.6. The Morgan fingerprint density at radius 3 is 2.56 bits per heavy atom. The number of benzene rings is 1. The molecular formula is C21H18F2N8O3. The van der Waals surface area contributed by atoms with Gasteiger partial charge in [-0.15, -0.1) is 20.4 Å². The minimum absolute atomic E-state index is 0.0158. The molecule has 0 saturated carbocycles. The number of amides is 1. The Kier molecular flexibility index (Phi) is 5.99. The van der Waals surface area contributed by atoms with Crippen LogP contribution < -0.4 is 0 Å². The number of alkyl halides is 2. The minimum atomic E-state index is -2.82. The van der Waals surface area contributed by atoms with E-state index in [0.717, 1.165) is 5.56 Å². The van der Waals surface area contributed by atoms with Gasteiger partial charge in [0, 0.05) is 36.6 Å². The monoisotopic (exact) mass is 468 g/mol. The Balaban J connectivity index is 1.27. The van der Waals surface area contributed by atoms with Crippen LogP contribution in [0, 0.1) is 0 Å². The molecule has 174 valence electrons. The number of nitrogens with zero attached hydrogens (tertiary/aromatic N) is 8. The Morgan fingerprint density at radius 1 is 1.03 bits per heavy atom. The molecule has 13 heteroatoms. The number of carbonyl (C=O) groups excluding carboxylic acids is 1. The van der Waals surface area contributed by atoms with Crippen LogP contribution in [0.25, 0.3) is 22.8 Å². The number of tetrazole rings is 1. The van der Waals surface area contributed by atoms with Gasteiger partial charge < -0.3 is 14.1 Å². The van der Waals surface area contributed by atoms with E-state index in [4.69, 9.17) is 9.15 Å². The lowest BCUT2D eigenvalue weighted by Gasteiger charge is -2.26. The first-order valence-corrected chi connectivity index (χ1v) is 10.4. The van der Waals surface area contributed by atoms with E-state index >= 15 is 0 Å². The van der Waals surface area contributed by atoms with Gasteiger partial charge in [-0.05, 0) is 29.0 Å². The van der Waals surface area contributed by atoms with Gasteiger partial charge in [0.15, 0.2) is 0 Å². The number of morpholine rings is 1. The molecule has 0 aliphatic carbocycles. The summed E-state index contributed by atoms with van der Waals surface area (Å²) in [6, 6.07) is 8.60. The van der Waals surface area contributed by atoms with Crippen LogP contribution in [0.15, 0.2) is 47.1 Å². The molecule has 5 rings (SSSR count). The van der Waals surface area contributed by atoms with Crippen LogP contribution in [0.1, 0.15) is 28.2 Å².